The number of anilines is 2. The minimum atomic E-state index is -0.891. The van der Waals surface area contributed by atoms with Crippen molar-refractivity contribution in [3.05, 3.63) is 88.4 Å². The normalized spacial score (nSPS) is 23.6. The number of amides is 2. The monoisotopic (exact) mass is 519 g/mol. The number of halogens is 1. The highest BCUT2D eigenvalue weighted by atomic mass is 79.9. The first-order valence-electron chi connectivity index (χ1n) is 11.3. The molecule has 0 atom stereocenters. The zero-order valence-electron chi connectivity index (χ0n) is 18.9. The summed E-state index contributed by atoms with van der Waals surface area (Å²) in [7, 11) is 1.62. The number of methoxy groups -OCH3 is 1. The summed E-state index contributed by atoms with van der Waals surface area (Å²) in [5, 5.41) is 3.42. The molecule has 1 spiro atoms. The van der Waals surface area contributed by atoms with Gasteiger partial charge in [-0.3, -0.25) is 14.5 Å². The molecule has 6 nitrogen and oxygen atoms in total. The Morgan fingerprint density at radius 3 is 2.35 bits per heavy atom. The molecule has 0 bridgehead atoms. The molecule has 0 radical (unpaired) electrons. The topological polar surface area (TPSA) is 84.7 Å². The number of rotatable bonds is 5. The molecule has 0 aromatic heterocycles. The van der Waals surface area contributed by atoms with Gasteiger partial charge in [-0.1, -0.05) is 40.2 Å². The first kappa shape index (κ1) is 22.5. The number of primary amides is 1. The molecule has 34 heavy (non-hydrogen) atoms. The second kappa shape index (κ2) is 8.47. The van der Waals surface area contributed by atoms with E-state index in [1.807, 2.05) is 77.7 Å². The van der Waals surface area contributed by atoms with Crippen LogP contribution in [0.2, 0.25) is 0 Å². The van der Waals surface area contributed by atoms with Gasteiger partial charge in [-0.2, -0.15) is 0 Å². The number of hydrogen-bond donors (Lipinski definition) is 2. The Labute approximate surface area is 207 Å². The van der Waals surface area contributed by atoms with Crippen molar-refractivity contribution in [2.45, 2.75) is 36.8 Å². The molecular formula is C27H26BrN3O3. The molecule has 1 saturated carbocycles. The molecule has 1 heterocycles. The van der Waals surface area contributed by atoms with Gasteiger partial charge in [0.15, 0.2) is 0 Å². The van der Waals surface area contributed by atoms with Gasteiger partial charge >= 0.3 is 0 Å². The first-order chi connectivity index (χ1) is 16.4. The summed E-state index contributed by atoms with van der Waals surface area (Å²) in [4.78, 5) is 28.3. The van der Waals surface area contributed by atoms with Gasteiger partial charge in [0.25, 0.3) is 5.91 Å². The fourth-order valence-corrected chi connectivity index (χ4v) is 5.86. The third kappa shape index (κ3) is 3.55. The standard InChI is InChI=1S/C27H26BrN3O3/c1-34-21-11-9-20(10-12-21)31-24(32)22-7-2-3-8-23(22)27(31)15-13-26(14-16-27,25(29)33)30-19-6-4-5-18(28)17-19/h2-12,17,30H,13-16H2,1H3,(H2,29,33). The largest absolute Gasteiger partial charge is 0.497 e. The average molecular weight is 520 g/mol. The predicted molar refractivity (Wildman–Crippen MR) is 136 cm³/mol. The number of carbonyl (C=O) groups excluding carboxylic acids is 2. The number of hydrogen-bond acceptors (Lipinski definition) is 4. The van der Waals surface area contributed by atoms with Crippen LogP contribution in [0.15, 0.2) is 77.3 Å². The van der Waals surface area contributed by atoms with E-state index < -0.39 is 11.1 Å². The highest BCUT2D eigenvalue weighted by Crippen LogP contribution is 2.53. The van der Waals surface area contributed by atoms with Crippen molar-refractivity contribution in [2.75, 3.05) is 17.3 Å². The molecule has 1 aliphatic heterocycles. The van der Waals surface area contributed by atoms with Crippen LogP contribution in [0.3, 0.4) is 0 Å². The van der Waals surface area contributed by atoms with Crippen molar-refractivity contribution >= 4 is 39.1 Å². The maximum Gasteiger partial charge on any atom is 0.259 e. The van der Waals surface area contributed by atoms with Crippen molar-refractivity contribution < 1.29 is 14.3 Å². The Kier molecular flexibility index (Phi) is 5.60. The number of nitrogens with two attached hydrogens (primary N) is 1. The lowest BCUT2D eigenvalue weighted by atomic mass is 9.68. The van der Waals surface area contributed by atoms with Crippen LogP contribution in [0.4, 0.5) is 11.4 Å². The van der Waals surface area contributed by atoms with E-state index in [0.29, 0.717) is 31.2 Å². The molecule has 5 rings (SSSR count). The highest BCUT2D eigenvalue weighted by molar-refractivity contribution is 9.10. The average Bonchev–Trinajstić information content (AvgIpc) is 3.09. The smallest absolute Gasteiger partial charge is 0.259 e. The SMILES string of the molecule is COc1ccc(N2C(=O)c3ccccc3C23CCC(Nc2cccc(Br)c2)(C(N)=O)CC3)cc1. The molecule has 1 fully saturated rings. The lowest BCUT2D eigenvalue weighted by Gasteiger charge is -2.48. The van der Waals surface area contributed by atoms with E-state index in [2.05, 4.69) is 21.2 Å². The summed E-state index contributed by atoms with van der Waals surface area (Å²) in [6, 6.07) is 23.1. The van der Waals surface area contributed by atoms with Crippen LogP contribution in [-0.4, -0.2) is 24.5 Å². The third-order valence-electron chi connectivity index (χ3n) is 7.23. The summed E-state index contributed by atoms with van der Waals surface area (Å²) < 4.78 is 6.23. The first-order valence-corrected chi connectivity index (χ1v) is 12.1. The van der Waals surface area contributed by atoms with Crippen LogP contribution in [0, 0.1) is 0 Å². The Bertz CT molecular complexity index is 1250. The van der Waals surface area contributed by atoms with Crippen LogP contribution in [0.5, 0.6) is 5.75 Å². The van der Waals surface area contributed by atoms with Crippen LogP contribution in [0.25, 0.3) is 0 Å². The molecule has 1 aliphatic carbocycles. The van der Waals surface area contributed by atoms with E-state index in [4.69, 9.17) is 10.5 Å². The molecule has 3 aromatic rings. The maximum atomic E-state index is 13.6. The lowest BCUT2D eigenvalue weighted by molar-refractivity contribution is -0.123. The Balaban J connectivity index is 1.53. The number of nitrogens with one attached hydrogen (secondary N) is 1. The number of nitrogens with zero attached hydrogens (tertiary/aromatic N) is 1. The second-order valence-electron chi connectivity index (χ2n) is 9.00. The van der Waals surface area contributed by atoms with Gasteiger partial charge in [-0.05, 0) is 79.8 Å². The molecule has 0 unspecified atom stereocenters. The van der Waals surface area contributed by atoms with E-state index in [1.54, 1.807) is 7.11 Å². The second-order valence-corrected chi connectivity index (χ2v) is 9.91. The van der Waals surface area contributed by atoms with Crippen molar-refractivity contribution in [3.63, 3.8) is 0 Å². The van der Waals surface area contributed by atoms with Gasteiger partial charge in [0.2, 0.25) is 5.91 Å². The minimum Gasteiger partial charge on any atom is -0.497 e. The maximum absolute atomic E-state index is 13.6. The molecule has 0 saturated heterocycles. The third-order valence-corrected chi connectivity index (χ3v) is 7.72. The Hall–Kier alpha value is -3.32. The van der Waals surface area contributed by atoms with Gasteiger partial charge < -0.3 is 15.8 Å². The summed E-state index contributed by atoms with van der Waals surface area (Å²) >= 11 is 3.49. The molecule has 3 N–H and O–H groups in total. The zero-order valence-corrected chi connectivity index (χ0v) is 20.5. The number of ether oxygens (including phenoxy) is 1. The number of benzene rings is 3. The molecule has 7 heteroatoms. The molecule has 3 aromatic carbocycles. The van der Waals surface area contributed by atoms with Crippen LogP contribution in [-0.2, 0) is 10.3 Å². The molecule has 2 aliphatic rings. The van der Waals surface area contributed by atoms with Crippen LogP contribution >= 0.6 is 15.9 Å². The minimum absolute atomic E-state index is 0.0210. The van der Waals surface area contributed by atoms with Crippen molar-refractivity contribution in [2.24, 2.45) is 5.73 Å². The van der Waals surface area contributed by atoms with Gasteiger partial charge in [0.05, 0.1) is 12.6 Å². The van der Waals surface area contributed by atoms with Crippen LogP contribution < -0.4 is 20.7 Å². The molecule has 2 amide bonds. The predicted octanol–water partition coefficient (Wildman–Crippen LogP) is 5.22. The summed E-state index contributed by atoms with van der Waals surface area (Å²) in [5.41, 5.74) is 7.90. The Morgan fingerprint density at radius 1 is 1.00 bits per heavy atom. The van der Waals surface area contributed by atoms with E-state index in [1.165, 1.54) is 0 Å². The summed E-state index contributed by atoms with van der Waals surface area (Å²) in [6.45, 7) is 0. The van der Waals surface area contributed by atoms with Crippen LogP contribution in [0.1, 0.15) is 41.6 Å². The quantitative estimate of drug-likeness (QED) is 0.483. The van der Waals surface area contributed by atoms with Gasteiger partial charge in [0, 0.05) is 21.4 Å². The fourth-order valence-electron chi connectivity index (χ4n) is 5.47. The molecular weight excluding hydrogens is 494 g/mol. The van der Waals surface area contributed by atoms with Gasteiger partial charge in [0.1, 0.15) is 11.3 Å². The van der Waals surface area contributed by atoms with Gasteiger partial charge in [-0.25, -0.2) is 0 Å². The Morgan fingerprint density at radius 2 is 1.71 bits per heavy atom. The van der Waals surface area contributed by atoms with E-state index in [9.17, 15) is 9.59 Å². The van der Waals surface area contributed by atoms with E-state index >= 15 is 0 Å². The molecule has 174 valence electrons. The lowest BCUT2D eigenvalue weighted by Crippen LogP contribution is -2.58. The fraction of sp³-hybridized carbons (Fsp3) is 0.259. The van der Waals surface area contributed by atoms with Crippen molar-refractivity contribution in [1.82, 2.24) is 0 Å². The van der Waals surface area contributed by atoms with E-state index in [0.717, 1.165) is 27.2 Å². The number of carbonyl (C=O) groups is 2. The zero-order chi connectivity index (χ0) is 23.9. The summed E-state index contributed by atoms with van der Waals surface area (Å²) in [6.07, 6.45) is 2.21. The van der Waals surface area contributed by atoms with E-state index in [-0.39, 0.29) is 11.8 Å². The van der Waals surface area contributed by atoms with Crippen molar-refractivity contribution in [1.29, 1.82) is 0 Å². The summed E-state index contributed by atoms with van der Waals surface area (Å²) in [5.74, 6) is 0.333. The van der Waals surface area contributed by atoms with Crippen molar-refractivity contribution in [3.8, 4) is 5.75 Å². The highest BCUT2D eigenvalue weighted by Gasteiger charge is 2.55. The number of fused-ring (bicyclic) bond motifs is 2. The van der Waals surface area contributed by atoms with Gasteiger partial charge in [-0.15, -0.1) is 0 Å².